The molecular formula is C22H46N2O3. The fourth-order valence-electron chi connectivity index (χ4n) is 3.11. The molecule has 0 rings (SSSR count). The molecule has 0 radical (unpaired) electrons. The number of hydrogen-bond donors (Lipinski definition) is 2. The predicted octanol–water partition coefficient (Wildman–Crippen LogP) is 4.57. The molecule has 0 saturated heterocycles. The van der Waals surface area contributed by atoms with Gasteiger partial charge in [0.05, 0.1) is 24.4 Å². The molecule has 2 unspecified atom stereocenters. The summed E-state index contributed by atoms with van der Waals surface area (Å²) < 4.78 is 12.0. The first-order valence-corrected chi connectivity index (χ1v) is 10.8. The average Bonchev–Trinajstić information content (AvgIpc) is 2.51. The van der Waals surface area contributed by atoms with Crippen molar-refractivity contribution in [2.24, 2.45) is 5.73 Å². The van der Waals surface area contributed by atoms with Crippen LogP contribution in [0.1, 0.15) is 99.8 Å². The maximum absolute atomic E-state index is 12.0. The van der Waals surface area contributed by atoms with Crippen LogP contribution in [0.2, 0.25) is 0 Å². The average molecular weight is 387 g/mol. The van der Waals surface area contributed by atoms with Crippen molar-refractivity contribution in [2.45, 2.75) is 123 Å². The molecule has 0 aliphatic heterocycles. The molecule has 0 bridgehead atoms. The smallest absolute Gasteiger partial charge is 0.220 e. The van der Waals surface area contributed by atoms with Gasteiger partial charge in [0, 0.05) is 18.5 Å². The van der Waals surface area contributed by atoms with E-state index in [-0.39, 0.29) is 29.2 Å². The lowest BCUT2D eigenvalue weighted by Crippen LogP contribution is -2.39. The van der Waals surface area contributed by atoms with Crippen LogP contribution >= 0.6 is 0 Å². The van der Waals surface area contributed by atoms with Gasteiger partial charge in [0.15, 0.2) is 0 Å². The molecule has 27 heavy (non-hydrogen) atoms. The van der Waals surface area contributed by atoms with Crippen molar-refractivity contribution >= 4 is 5.91 Å². The number of carbonyl (C=O) groups excluding carboxylic acids is 1. The second-order valence-corrected chi connectivity index (χ2v) is 9.24. The normalized spacial score (nSPS) is 14.8. The molecule has 0 heterocycles. The standard InChI is InChI=1S/C22H46N2O3/c1-8-9-10-11-12-13-20(25)24-19(3)17-27-21(4,5)14-15-26-22(6,7)16-18(2)23/h18-19H,8-17,23H2,1-7H3,(H,24,25). The fourth-order valence-corrected chi connectivity index (χ4v) is 3.11. The molecule has 0 spiro atoms. The van der Waals surface area contributed by atoms with E-state index in [1.54, 1.807) is 0 Å². The van der Waals surface area contributed by atoms with E-state index in [0.29, 0.717) is 19.6 Å². The summed E-state index contributed by atoms with van der Waals surface area (Å²) in [6.07, 6.45) is 8.05. The fraction of sp³-hybridized carbons (Fsp3) is 0.955. The summed E-state index contributed by atoms with van der Waals surface area (Å²) >= 11 is 0. The largest absolute Gasteiger partial charge is 0.375 e. The van der Waals surface area contributed by atoms with Crippen LogP contribution in [0.15, 0.2) is 0 Å². The van der Waals surface area contributed by atoms with Gasteiger partial charge in [-0.1, -0.05) is 32.6 Å². The highest BCUT2D eigenvalue weighted by Gasteiger charge is 2.24. The molecule has 0 aliphatic carbocycles. The molecule has 0 saturated carbocycles. The van der Waals surface area contributed by atoms with Gasteiger partial charge in [-0.2, -0.15) is 0 Å². The summed E-state index contributed by atoms with van der Waals surface area (Å²) in [7, 11) is 0. The van der Waals surface area contributed by atoms with Crippen LogP contribution in [0.5, 0.6) is 0 Å². The molecular weight excluding hydrogens is 340 g/mol. The Morgan fingerprint density at radius 2 is 1.63 bits per heavy atom. The highest BCUT2D eigenvalue weighted by Crippen LogP contribution is 2.20. The van der Waals surface area contributed by atoms with Crippen LogP contribution < -0.4 is 11.1 Å². The number of hydrogen-bond acceptors (Lipinski definition) is 4. The molecule has 0 aromatic heterocycles. The zero-order valence-corrected chi connectivity index (χ0v) is 19.0. The highest BCUT2D eigenvalue weighted by molar-refractivity contribution is 5.76. The number of nitrogens with one attached hydrogen (secondary N) is 1. The number of carbonyl (C=O) groups is 1. The highest BCUT2D eigenvalue weighted by atomic mass is 16.5. The van der Waals surface area contributed by atoms with Crippen molar-refractivity contribution in [3.63, 3.8) is 0 Å². The number of unbranched alkanes of at least 4 members (excludes halogenated alkanes) is 4. The minimum atomic E-state index is -0.288. The summed E-state index contributed by atoms with van der Waals surface area (Å²) in [5, 5.41) is 3.04. The Balaban J connectivity index is 3.98. The van der Waals surface area contributed by atoms with Gasteiger partial charge in [-0.15, -0.1) is 0 Å². The van der Waals surface area contributed by atoms with Gasteiger partial charge in [-0.25, -0.2) is 0 Å². The van der Waals surface area contributed by atoms with Gasteiger partial charge >= 0.3 is 0 Å². The van der Waals surface area contributed by atoms with E-state index in [4.69, 9.17) is 15.2 Å². The van der Waals surface area contributed by atoms with Crippen LogP contribution in [-0.2, 0) is 14.3 Å². The number of rotatable bonds is 16. The summed E-state index contributed by atoms with van der Waals surface area (Å²) in [4.78, 5) is 12.0. The third-order valence-electron chi connectivity index (χ3n) is 4.65. The second-order valence-electron chi connectivity index (χ2n) is 9.24. The van der Waals surface area contributed by atoms with Crippen LogP contribution in [0.3, 0.4) is 0 Å². The lowest BCUT2D eigenvalue weighted by Gasteiger charge is -2.31. The van der Waals surface area contributed by atoms with Gasteiger partial charge in [0.2, 0.25) is 5.91 Å². The third-order valence-corrected chi connectivity index (χ3v) is 4.65. The Morgan fingerprint density at radius 3 is 2.22 bits per heavy atom. The van der Waals surface area contributed by atoms with E-state index in [9.17, 15) is 4.79 Å². The van der Waals surface area contributed by atoms with Crippen LogP contribution in [-0.4, -0.2) is 42.4 Å². The van der Waals surface area contributed by atoms with E-state index in [2.05, 4.69) is 39.9 Å². The lowest BCUT2D eigenvalue weighted by molar-refractivity contribution is -0.123. The lowest BCUT2D eigenvalue weighted by atomic mass is 10.00. The Morgan fingerprint density at radius 1 is 1.00 bits per heavy atom. The first kappa shape index (κ1) is 26.4. The van der Waals surface area contributed by atoms with Gasteiger partial charge in [-0.05, 0) is 60.8 Å². The maximum atomic E-state index is 12.0. The molecule has 162 valence electrons. The molecule has 5 nitrogen and oxygen atoms in total. The van der Waals surface area contributed by atoms with Crippen molar-refractivity contribution in [3.05, 3.63) is 0 Å². The van der Waals surface area contributed by atoms with Crippen LogP contribution in [0.4, 0.5) is 0 Å². The first-order chi connectivity index (χ1) is 12.5. The molecule has 1 amide bonds. The number of ether oxygens (including phenoxy) is 2. The summed E-state index contributed by atoms with van der Waals surface area (Å²) in [5.41, 5.74) is 5.36. The number of amides is 1. The molecule has 3 N–H and O–H groups in total. The Hall–Kier alpha value is -0.650. The second kappa shape index (κ2) is 13.5. The van der Waals surface area contributed by atoms with Crippen LogP contribution in [0.25, 0.3) is 0 Å². The first-order valence-electron chi connectivity index (χ1n) is 10.8. The molecule has 0 fully saturated rings. The zero-order chi connectivity index (χ0) is 20.9. The van der Waals surface area contributed by atoms with Gasteiger partial charge in [0.25, 0.3) is 0 Å². The SMILES string of the molecule is CCCCCCCC(=O)NC(C)COC(C)(C)CCOC(C)(C)CC(C)N. The summed E-state index contributed by atoms with van der Waals surface area (Å²) in [6.45, 7) is 15.6. The van der Waals surface area contributed by atoms with E-state index < -0.39 is 0 Å². The topological polar surface area (TPSA) is 73.6 Å². The molecule has 0 aliphatic rings. The maximum Gasteiger partial charge on any atom is 0.220 e. The van der Waals surface area contributed by atoms with Crippen molar-refractivity contribution in [3.8, 4) is 0 Å². The third kappa shape index (κ3) is 16.0. The predicted molar refractivity (Wildman–Crippen MR) is 114 cm³/mol. The van der Waals surface area contributed by atoms with Crippen molar-refractivity contribution in [1.29, 1.82) is 0 Å². The van der Waals surface area contributed by atoms with E-state index in [1.807, 2.05) is 13.8 Å². The summed E-state index contributed by atoms with van der Waals surface area (Å²) in [5.74, 6) is 0.126. The monoisotopic (exact) mass is 386 g/mol. The number of nitrogens with two attached hydrogens (primary N) is 1. The molecule has 0 aromatic rings. The summed E-state index contributed by atoms with van der Waals surface area (Å²) in [6, 6.07) is 0.142. The zero-order valence-electron chi connectivity index (χ0n) is 19.0. The van der Waals surface area contributed by atoms with E-state index in [1.165, 1.54) is 19.3 Å². The van der Waals surface area contributed by atoms with Gasteiger partial charge < -0.3 is 20.5 Å². The van der Waals surface area contributed by atoms with E-state index >= 15 is 0 Å². The minimum absolute atomic E-state index is 0.0165. The van der Waals surface area contributed by atoms with Crippen molar-refractivity contribution in [1.82, 2.24) is 5.32 Å². The molecule has 2 atom stereocenters. The van der Waals surface area contributed by atoms with Crippen molar-refractivity contribution in [2.75, 3.05) is 13.2 Å². The Kier molecular flexibility index (Phi) is 13.2. The quantitative estimate of drug-likeness (QED) is 0.381. The molecule has 5 heteroatoms. The van der Waals surface area contributed by atoms with Gasteiger partial charge in [-0.3, -0.25) is 4.79 Å². The van der Waals surface area contributed by atoms with Crippen LogP contribution in [0, 0.1) is 0 Å². The Labute approximate surface area is 168 Å². The van der Waals surface area contributed by atoms with Crippen molar-refractivity contribution < 1.29 is 14.3 Å². The Bertz CT molecular complexity index is 395. The van der Waals surface area contributed by atoms with E-state index in [0.717, 1.165) is 25.7 Å². The minimum Gasteiger partial charge on any atom is -0.375 e. The van der Waals surface area contributed by atoms with Gasteiger partial charge in [0.1, 0.15) is 0 Å². The molecule has 0 aromatic carbocycles.